The highest BCUT2D eigenvalue weighted by Gasteiger charge is 2.18. The van der Waals surface area contributed by atoms with Crippen LogP contribution in [0.25, 0.3) is 33.4 Å². The number of hydrogen-bond donors (Lipinski definition) is 3. The van der Waals surface area contributed by atoms with Gasteiger partial charge in [-0.25, -0.2) is 9.97 Å². The van der Waals surface area contributed by atoms with Crippen LogP contribution >= 0.6 is 0 Å². The largest absolute Gasteiger partial charge is 0.506 e. The number of pyridine rings is 1. The van der Waals surface area contributed by atoms with Crippen molar-refractivity contribution in [3.05, 3.63) is 96.7 Å². The van der Waals surface area contributed by atoms with E-state index in [1.54, 1.807) is 24.3 Å². The summed E-state index contributed by atoms with van der Waals surface area (Å²) in [5.74, 6) is 0.630. The summed E-state index contributed by atoms with van der Waals surface area (Å²) in [5.41, 5.74) is 6.21. The molecular weight excluding hydrogens is 538 g/mol. The first-order valence-corrected chi connectivity index (χ1v) is 14.6. The number of phenols is 1. The molecule has 0 radical (unpaired) electrons. The number of nitrogens with zero attached hydrogens (tertiary/aromatic N) is 5. The molecule has 0 bridgehead atoms. The lowest BCUT2D eigenvalue weighted by molar-refractivity contribution is -0.116. The Balaban J connectivity index is 1.17. The molecule has 9 heteroatoms. The first kappa shape index (κ1) is 28.3. The molecule has 5 aromatic rings. The van der Waals surface area contributed by atoms with Crippen molar-refractivity contribution >= 4 is 28.6 Å². The first-order valence-electron chi connectivity index (χ1n) is 14.6. The molecule has 43 heavy (non-hydrogen) atoms. The first-order chi connectivity index (χ1) is 21.0. The number of carbonyl (C=O) groups is 1. The van der Waals surface area contributed by atoms with Crippen LogP contribution in [0, 0.1) is 0 Å². The van der Waals surface area contributed by atoms with Gasteiger partial charge in [-0.1, -0.05) is 66.7 Å². The molecule has 0 unspecified atom stereocenters. The average molecular weight is 574 g/mol. The number of nitrogens with one attached hydrogen (secondary N) is 2. The second-order valence-corrected chi connectivity index (χ2v) is 10.8. The predicted octanol–water partition coefficient (Wildman–Crippen LogP) is 4.93. The quantitative estimate of drug-likeness (QED) is 0.168. The Morgan fingerprint density at radius 1 is 0.884 bits per heavy atom. The van der Waals surface area contributed by atoms with Gasteiger partial charge in [-0.15, -0.1) is 0 Å². The van der Waals surface area contributed by atoms with Crippen molar-refractivity contribution in [2.24, 2.45) is 0 Å². The van der Waals surface area contributed by atoms with E-state index in [0.717, 1.165) is 65.5 Å². The van der Waals surface area contributed by atoms with Crippen LogP contribution in [0.5, 0.6) is 5.75 Å². The van der Waals surface area contributed by atoms with Crippen LogP contribution in [-0.4, -0.2) is 70.6 Å². The van der Waals surface area contributed by atoms with Crippen molar-refractivity contribution < 1.29 is 9.90 Å². The number of amides is 1. The minimum absolute atomic E-state index is 0.0585. The van der Waals surface area contributed by atoms with Gasteiger partial charge in [0.05, 0.1) is 11.4 Å². The third-order valence-electron chi connectivity index (χ3n) is 7.69. The minimum Gasteiger partial charge on any atom is -0.506 e. The van der Waals surface area contributed by atoms with Gasteiger partial charge in [0.2, 0.25) is 11.9 Å². The number of carbonyl (C=O) groups excluding carboxylic acids is 1. The van der Waals surface area contributed by atoms with Crippen molar-refractivity contribution in [1.29, 1.82) is 0 Å². The Labute approximate surface area is 251 Å². The van der Waals surface area contributed by atoms with Crippen molar-refractivity contribution in [2.45, 2.75) is 13.0 Å². The lowest BCUT2D eigenvalue weighted by Crippen LogP contribution is -2.45. The van der Waals surface area contributed by atoms with Crippen LogP contribution < -0.4 is 15.5 Å². The zero-order valence-electron chi connectivity index (χ0n) is 24.2. The molecule has 218 valence electrons. The summed E-state index contributed by atoms with van der Waals surface area (Å²) < 4.78 is 0. The summed E-state index contributed by atoms with van der Waals surface area (Å²) in [7, 11) is 2.14. The van der Waals surface area contributed by atoms with E-state index in [2.05, 4.69) is 74.9 Å². The number of aromatic hydroxyl groups is 1. The molecule has 9 nitrogen and oxygen atoms in total. The van der Waals surface area contributed by atoms with Gasteiger partial charge in [-0.3, -0.25) is 4.79 Å². The van der Waals surface area contributed by atoms with Crippen molar-refractivity contribution in [1.82, 2.24) is 25.2 Å². The van der Waals surface area contributed by atoms with Crippen molar-refractivity contribution in [2.75, 3.05) is 50.0 Å². The van der Waals surface area contributed by atoms with Crippen LogP contribution in [0.15, 0.2) is 91.1 Å². The maximum atomic E-state index is 12.3. The van der Waals surface area contributed by atoms with Crippen molar-refractivity contribution in [3.8, 4) is 28.1 Å². The number of hydrogen-bond acceptors (Lipinski definition) is 8. The predicted molar refractivity (Wildman–Crippen MR) is 171 cm³/mol. The summed E-state index contributed by atoms with van der Waals surface area (Å²) in [6, 6.07) is 27.5. The molecule has 1 aliphatic rings. The van der Waals surface area contributed by atoms with Gasteiger partial charge in [-0.2, -0.15) is 4.98 Å². The maximum absolute atomic E-state index is 12.3. The molecule has 0 spiro atoms. The van der Waals surface area contributed by atoms with Gasteiger partial charge in [-0.05, 0) is 36.4 Å². The van der Waals surface area contributed by atoms with Gasteiger partial charge in [0.1, 0.15) is 5.75 Å². The Morgan fingerprint density at radius 3 is 2.40 bits per heavy atom. The normalized spacial score (nSPS) is 13.7. The molecule has 1 aliphatic heterocycles. The minimum atomic E-state index is -0.153. The lowest BCUT2D eigenvalue weighted by atomic mass is 9.98. The Hall–Kier alpha value is -4.86. The Morgan fingerprint density at radius 2 is 1.63 bits per heavy atom. The molecule has 3 N–H and O–H groups in total. The number of phenolic OH excluding ortho intramolecular Hbond substituents is 1. The van der Waals surface area contributed by atoms with E-state index in [9.17, 15) is 9.90 Å². The van der Waals surface area contributed by atoms with Gasteiger partial charge in [0.25, 0.3) is 0 Å². The lowest BCUT2D eigenvalue weighted by Gasteiger charge is -2.32. The molecule has 1 amide bonds. The molecule has 1 fully saturated rings. The van der Waals surface area contributed by atoms with Crippen molar-refractivity contribution in [3.63, 3.8) is 0 Å². The SMILES string of the molecule is CN1CCN(c2ncc3cc(-c4ccccc4)c(-c4ccc(CNCCC(=O)Nc5ccccc5O)cc4)nc3n2)CC1. The number of benzene rings is 3. The number of piperazine rings is 1. The second kappa shape index (κ2) is 13.0. The third-order valence-corrected chi connectivity index (χ3v) is 7.69. The van der Waals surface area contributed by atoms with Crippen LogP contribution in [0.3, 0.4) is 0 Å². The van der Waals surface area contributed by atoms with E-state index in [4.69, 9.17) is 9.97 Å². The zero-order chi connectivity index (χ0) is 29.6. The van der Waals surface area contributed by atoms with E-state index < -0.39 is 0 Å². The summed E-state index contributed by atoms with van der Waals surface area (Å²) in [4.78, 5) is 31.5. The smallest absolute Gasteiger partial charge is 0.227 e. The van der Waals surface area contributed by atoms with Gasteiger partial charge >= 0.3 is 0 Å². The molecule has 1 saturated heterocycles. The molecule has 3 aromatic carbocycles. The molecule has 6 rings (SSSR count). The number of rotatable bonds is 9. The highest BCUT2D eigenvalue weighted by atomic mass is 16.3. The molecule has 3 heterocycles. The number of aromatic nitrogens is 3. The second-order valence-electron chi connectivity index (χ2n) is 10.8. The van der Waals surface area contributed by atoms with E-state index >= 15 is 0 Å². The summed E-state index contributed by atoms with van der Waals surface area (Å²) in [6.45, 7) is 4.91. The van der Waals surface area contributed by atoms with Gasteiger partial charge in [0, 0.05) is 68.4 Å². The van der Waals surface area contributed by atoms with Crippen LogP contribution in [-0.2, 0) is 11.3 Å². The Kier molecular flexibility index (Phi) is 8.53. The monoisotopic (exact) mass is 573 g/mol. The third kappa shape index (κ3) is 6.80. The Bertz CT molecular complexity index is 1700. The summed E-state index contributed by atoms with van der Waals surface area (Å²) in [5, 5.41) is 16.8. The topological polar surface area (TPSA) is 107 Å². The van der Waals surface area contributed by atoms with E-state index in [-0.39, 0.29) is 11.7 Å². The number of likely N-dealkylation sites (N-methyl/N-ethyl adjacent to an activating group) is 1. The molecule has 0 aliphatic carbocycles. The molecule has 0 atom stereocenters. The molecule has 0 saturated carbocycles. The average Bonchev–Trinajstić information content (AvgIpc) is 3.04. The fourth-order valence-electron chi connectivity index (χ4n) is 5.18. The fraction of sp³-hybridized carbons (Fsp3) is 0.235. The summed E-state index contributed by atoms with van der Waals surface area (Å²) in [6.07, 6.45) is 2.18. The summed E-state index contributed by atoms with van der Waals surface area (Å²) >= 11 is 0. The number of para-hydroxylation sites is 2. The molecule has 2 aromatic heterocycles. The molecular formula is C34H35N7O2. The zero-order valence-corrected chi connectivity index (χ0v) is 24.2. The number of anilines is 2. The maximum Gasteiger partial charge on any atom is 0.227 e. The van der Waals surface area contributed by atoms with E-state index in [0.29, 0.717) is 30.8 Å². The van der Waals surface area contributed by atoms with E-state index in [1.165, 1.54) is 0 Å². The standard InChI is InChI=1S/C34H35N7O2/c1-40-17-19-41(20-18-40)34-36-23-27-21-28(25-7-3-2-4-8-25)32(38-33(27)39-34)26-13-11-24(12-14-26)22-35-16-15-31(43)37-29-9-5-6-10-30(29)42/h2-14,21,23,35,42H,15-20,22H2,1H3,(H,37,43). The van der Waals surface area contributed by atoms with E-state index in [1.807, 2.05) is 24.4 Å². The van der Waals surface area contributed by atoms with Crippen LogP contribution in [0.4, 0.5) is 11.6 Å². The van der Waals surface area contributed by atoms with Gasteiger partial charge < -0.3 is 25.5 Å². The highest BCUT2D eigenvalue weighted by molar-refractivity contribution is 5.92. The van der Waals surface area contributed by atoms with Crippen LogP contribution in [0.1, 0.15) is 12.0 Å². The fourth-order valence-corrected chi connectivity index (χ4v) is 5.18. The highest BCUT2D eigenvalue weighted by Crippen LogP contribution is 2.33. The van der Waals surface area contributed by atoms with Gasteiger partial charge in [0.15, 0.2) is 5.65 Å². The van der Waals surface area contributed by atoms with Crippen LogP contribution in [0.2, 0.25) is 0 Å². The number of fused-ring (bicyclic) bond motifs is 1.